The number of carbonyl (C=O) groups is 2. The number of amides is 1. The van der Waals surface area contributed by atoms with Crippen molar-refractivity contribution in [3.8, 4) is 0 Å². The summed E-state index contributed by atoms with van der Waals surface area (Å²) in [4.78, 5) is 24.0. The molecule has 0 bridgehead atoms. The third-order valence-electron chi connectivity index (χ3n) is 3.88. The maximum absolute atomic E-state index is 11.8. The lowest BCUT2D eigenvalue weighted by molar-refractivity contribution is -0.140. The molecule has 1 aliphatic carbocycles. The summed E-state index contributed by atoms with van der Waals surface area (Å²) in [5.41, 5.74) is 0. The third kappa shape index (κ3) is 2.54. The molecule has 0 radical (unpaired) electrons. The van der Waals surface area contributed by atoms with Crippen LogP contribution in [-0.2, 0) is 9.59 Å². The van der Waals surface area contributed by atoms with E-state index in [0.717, 1.165) is 13.1 Å². The predicted octanol–water partition coefficient (Wildman–Crippen LogP) is 1.50. The lowest BCUT2D eigenvalue weighted by Gasteiger charge is -2.22. The first kappa shape index (κ1) is 11.4. The molecule has 1 saturated heterocycles. The van der Waals surface area contributed by atoms with E-state index in [-0.39, 0.29) is 18.7 Å². The van der Waals surface area contributed by atoms with Gasteiger partial charge in [-0.3, -0.25) is 9.59 Å². The molecule has 2 aliphatic rings. The van der Waals surface area contributed by atoms with Crippen molar-refractivity contribution in [2.45, 2.75) is 38.5 Å². The second-order valence-electron chi connectivity index (χ2n) is 5.00. The smallest absolute Gasteiger partial charge is 0.303 e. The molecule has 0 aromatic rings. The van der Waals surface area contributed by atoms with Crippen LogP contribution in [0.25, 0.3) is 0 Å². The molecule has 16 heavy (non-hydrogen) atoms. The molecule has 0 aromatic carbocycles. The van der Waals surface area contributed by atoms with Crippen molar-refractivity contribution < 1.29 is 14.7 Å². The van der Waals surface area contributed by atoms with Gasteiger partial charge in [0.2, 0.25) is 5.91 Å². The molecule has 2 atom stereocenters. The Labute approximate surface area is 95.6 Å². The average Bonchev–Trinajstić information content (AvgIpc) is 2.69. The van der Waals surface area contributed by atoms with Crippen LogP contribution in [-0.4, -0.2) is 35.0 Å². The van der Waals surface area contributed by atoms with Crippen molar-refractivity contribution in [2.24, 2.45) is 11.8 Å². The van der Waals surface area contributed by atoms with Gasteiger partial charge in [-0.05, 0) is 24.7 Å². The van der Waals surface area contributed by atoms with Crippen LogP contribution < -0.4 is 0 Å². The van der Waals surface area contributed by atoms with Crippen LogP contribution in [0.1, 0.15) is 38.5 Å². The van der Waals surface area contributed by atoms with Crippen LogP contribution in [0.5, 0.6) is 0 Å². The summed E-state index contributed by atoms with van der Waals surface area (Å²) in [5, 5.41) is 8.54. The quantitative estimate of drug-likeness (QED) is 0.791. The monoisotopic (exact) mass is 225 g/mol. The second-order valence-corrected chi connectivity index (χ2v) is 5.00. The summed E-state index contributed by atoms with van der Waals surface area (Å²) in [5.74, 6) is 0.506. The van der Waals surface area contributed by atoms with Gasteiger partial charge in [-0.25, -0.2) is 0 Å². The Kier molecular flexibility index (Phi) is 3.46. The summed E-state index contributed by atoms with van der Waals surface area (Å²) in [7, 11) is 0. The van der Waals surface area contributed by atoms with E-state index < -0.39 is 5.97 Å². The van der Waals surface area contributed by atoms with Gasteiger partial charge >= 0.3 is 5.97 Å². The molecular weight excluding hydrogens is 206 g/mol. The highest BCUT2D eigenvalue weighted by Crippen LogP contribution is 2.36. The molecule has 1 amide bonds. The van der Waals surface area contributed by atoms with Gasteiger partial charge in [-0.1, -0.05) is 12.8 Å². The van der Waals surface area contributed by atoms with Crippen molar-refractivity contribution >= 4 is 11.9 Å². The molecule has 4 heteroatoms. The first-order valence-corrected chi connectivity index (χ1v) is 6.16. The van der Waals surface area contributed by atoms with Crippen molar-refractivity contribution in [1.29, 1.82) is 0 Å². The van der Waals surface area contributed by atoms with Crippen LogP contribution in [0.3, 0.4) is 0 Å². The Hall–Kier alpha value is -1.06. The molecule has 1 aliphatic heterocycles. The molecule has 0 aromatic heterocycles. The Morgan fingerprint density at radius 1 is 1.06 bits per heavy atom. The molecule has 4 nitrogen and oxygen atoms in total. The van der Waals surface area contributed by atoms with E-state index in [9.17, 15) is 9.59 Å². The fourth-order valence-corrected chi connectivity index (χ4v) is 2.98. The highest BCUT2D eigenvalue weighted by molar-refractivity contribution is 5.80. The third-order valence-corrected chi connectivity index (χ3v) is 3.88. The first-order valence-electron chi connectivity index (χ1n) is 6.16. The summed E-state index contributed by atoms with van der Waals surface area (Å²) < 4.78 is 0. The number of aliphatic carboxylic acids is 1. The average molecular weight is 225 g/mol. The largest absolute Gasteiger partial charge is 0.481 e. The molecule has 0 spiro atoms. The topological polar surface area (TPSA) is 57.6 Å². The lowest BCUT2D eigenvalue weighted by Crippen LogP contribution is -2.29. The van der Waals surface area contributed by atoms with Crippen LogP contribution in [0.2, 0.25) is 0 Å². The van der Waals surface area contributed by atoms with Gasteiger partial charge in [0.1, 0.15) is 0 Å². The highest BCUT2D eigenvalue weighted by Gasteiger charge is 2.36. The Bertz CT molecular complexity index is 276. The summed E-state index contributed by atoms with van der Waals surface area (Å²) in [6.07, 6.45) is 5.19. The van der Waals surface area contributed by atoms with Crippen molar-refractivity contribution in [3.63, 3.8) is 0 Å². The Balaban J connectivity index is 1.82. The minimum atomic E-state index is -0.884. The van der Waals surface area contributed by atoms with Crippen LogP contribution in [0, 0.1) is 11.8 Å². The molecule has 2 fully saturated rings. The zero-order valence-corrected chi connectivity index (χ0v) is 9.52. The van der Waals surface area contributed by atoms with Gasteiger partial charge in [0, 0.05) is 19.5 Å². The summed E-state index contributed by atoms with van der Waals surface area (Å²) in [6, 6.07) is 0. The van der Waals surface area contributed by atoms with E-state index in [2.05, 4.69) is 0 Å². The van der Waals surface area contributed by atoms with E-state index in [0.29, 0.717) is 11.8 Å². The van der Waals surface area contributed by atoms with Gasteiger partial charge < -0.3 is 10.0 Å². The van der Waals surface area contributed by atoms with Gasteiger partial charge in [0.25, 0.3) is 0 Å². The van der Waals surface area contributed by atoms with Crippen LogP contribution in [0.4, 0.5) is 0 Å². The van der Waals surface area contributed by atoms with E-state index >= 15 is 0 Å². The second kappa shape index (κ2) is 4.85. The van der Waals surface area contributed by atoms with E-state index in [1.807, 2.05) is 4.90 Å². The van der Waals surface area contributed by atoms with Gasteiger partial charge in [-0.2, -0.15) is 0 Å². The number of likely N-dealkylation sites (tertiary alicyclic amines) is 1. The normalized spacial score (nSPS) is 28.9. The molecule has 1 N–H and O–H groups in total. The minimum absolute atomic E-state index is 0.0248. The number of hydrogen-bond donors (Lipinski definition) is 1. The molecule has 2 rings (SSSR count). The maximum atomic E-state index is 11.8. The molecule has 1 heterocycles. The van der Waals surface area contributed by atoms with E-state index in [4.69, 9.17) is 5.11 Å². The Morgan fingerprint density at radius 3 is 2.12 bits per heavy atom. The predicted molar refractivity (Wildman–Crippen MR) is 58.9 cm³/mol. The zero-order valence-electron chi connectivity index (χ0n) is 9.52. The SMILES string of the molecule is O=C(O)CCC(=O)N1C[C@H]2CCCC[C@H]2C1. The maximum Gasteiger partial charge on any atom is 0.303 e. The number of rotatable bonds is 3. The number of carboxylic acid groups (broad SMARTS) is 1. The summed E-state index contributed by atoms with van der Waals surface area (Å²) in [6.45, 7) is 1.73. The summed E-state index contributed by atoms with van der Waals surface area (Å²) >= 11 is 0. The number of nitrogens with zero attached hydrogens (tertiary/aromatic N) is 1. The van der Waals surface area contributed by atoms with Crippen LogP contribution >= 0.6 is 0 Å². The van der Waals surface area contributed by atoms with Crippen LogP contribution in [0.15, 0.2) is 0 Å². The Morgan fingerprint density at radius 2 is 1.62 bits per heavy atom. The number of carboxylic acids is 1. The minimum Gasteiger partial charge on any atom is -0.481 e. The van der Waals surface area contributed by atoms with Gasteiger partial charge in [-0.15, -0.1) is 0 Å². The highest BCUT2D eigenvalue weighted by atomic mass is 16.4. The number of fused-ring (bicyclic) bond motifs is 1. The van der Waals surface area contributed by atoms with Crippen molar-refractivity contribution in [3.05, 3.63) is 0 Å². The van der Waals surface area contributed by atoms with Crippen molar-refractivity contribution in [2.75, 3.05) is 13.1 Å². The number of carbonyl (C=O) groups excluding carboxylic acids is 1. The van der Waals surface area contributed by atoms with E-state index in [1.54, 1.807) is 0 Å². The first-order chi connectivity index (χ1) is 7.66. The van der Waals surface area contributed by atoms with Crippen molar-refractivity contribution in [1.82, 2.24) is 4.90 Å². The lowest BCUT2D eigenvalue weighted by atomic mass is 9.82. The molecule has 90 valence electrons. The molecule has 0 unspecified atom stereocenters. The number of hydrogen-bond acceptors (Lipinski definition) is 2. The molecular formula is C12H19NO3. The van der Waals surface area contributed by atoms with Gasteiger partial charge in [0.15, 0.2) is 0 Å². The fraction of sp³-hybridized carbons (Fsp3) is 0.833. The zero-order chi connectivity index (χ0) is 11.5. The van der Waals surface area contributed by atoms with Gasteiger partial charge in [0.05, 0.1) is 6.42 Å². The molecule has 1 saturated carbocycles. The fourth-order valence-electron chi connectivity index (χ4n) is 2.98. The van der Waals surface area contributed by atoms with E-state index in [1.165, 1.54) is 25.7 Å². The standard InChI is InChI=1S/C12H19NO3/c14-11(5-6-12(15)16)13-7-9-3-1-2-4-10(9)8-13/h9-10H,1-8H2,(H,15,16)/t9-,10+.